The van der Waals surface area contributed by atoms with Gasteiger partial charge in [0.05, 0.1) is 18.6 Å². The van der Waals surface area contributed by atoms with Gasteiger partial charge in [0.1, 0.15) is 11.6 Å². The van der Waals surface area contributed by atoms with Gasteiger partial charge in [-0.1, -0.05) is 42.5 Å². The Hall–Kier alpha value is -3.15. The van der Waals surface area contributed by atoms with Crippen molar-refractivity contribution in [3.63, 3.8) is 0 Å². The largest absolute Gasteiger partial charge is 0.497 e. The van der Waals surface area contributed by atoms with E-state index in [1.807, 2.05) is 30.3 Å². The van der Waals surface area contributed by atoms with Crippen LogP contribution in [0, 0.1) is 0 Å². The van der Waals surface area contributed by atoms with E-state index in [2.05, 4.69) is 43.9 Å². The molecule has 0 radical (unpaired) electrons. The number of hydrogen-bond acceptors (Lipinski definition) is 4. The number of nitrogens with zero attached hydrogens (tertiary/aromatic N) is 4. The van der Waals surface area contributed by atoms with Crippen molar-refractivity contribution < 1.29 is 9.53 Å². The molecule has 0 N–H and O–H groups in total. The number of ether oxygens (including phenoxy) is 1. The first-order valence-corrected chi connectivity index (χ1v) is 11.1. The van der Waals surface area contributed by atoms with Crippen LogP contribution in [0.25, 0.3) is 11.4 Å². The summed E-state index contributed by atoms with van der Waals surface area (Å²) in [5.74, 6) is 3.03. The Morgan fingerprint density at radius 2 is 1.74 bits per heavy atom. The zero-order valence-electron chi connectivity index (χ0n) is 17.7. The van der Waals surface area contributed by atoms with Gasteiger partial charge >= 0.3 is 0 Å². The topological polar surface area (TPSA) is 60.2 Å². The van der Waals surface area contributed by atoms with Crippen LogP contribution in [0.5, 0.6) is 5.75 Å². The fourth-order valence-corrected chi connectivity index (χ4v) is 5.48. The van der Waals surface area contributed by atoms with Gasteiger partial charge in [-0.15, -0.1) is 10.2 Å². The van der Waals surface area contributed by atoms with Crippen molar-refractivity contribution in [3.05, 3.63) is 66.0 Å². The predicted molar refractivity (Wildman–Crippen MR) is 117 cm³/mol. The third-order valence-electron chi connectivity index (χ3n) is 7.33. The fraction of sp³-hybridized carbons (Fsp3) is 0.400. The first kappa shape index (κ1) is 18.6. The molecular formula is C25H26N4O2. The zero-order chi connectivity index (χ0) is 21.0. The molecule has 3 aliphatic rings. The van der Waals surface area contributed by atoms with Crippen molar-refractivity contribution in [2.24, 2.45) is 0 Å². The molecule has 0 spiro atoms. The summed E-state index contributed by atoms with van der Waals surface area (Å²) in [7, 11) is 1.67. The molecule has 1 saturated heterocycles. The Labute approximate surface area is 181 Å². The van der Waals surface area contributed by atoms with Crippen molar-refractivity contribution in [2.75, 3.05) is 7.11 Å². The van der Waals surface area contributed by atoms with Crippen LogP contribution in [0.1, 0.15) is 37.1 Å². The molecule has 2 atom stereocenters. The maximum atomic E-state index is 13.9. The van der Waals surface area contributed by atoms with Gasteiger partial charge in [-0.05, 0) is 43.4 Å². The summed E-state index contributed by atoms with van der Waals surface area (Å²) in [5, 5.41) is 9.02. The monoisotopic (exact) mass is 414 g/mol. The standard InChI is InChI=1S/C25H26N4O2/c1-31-21-11-7-18(8-12-21)25(13-14-25)24(30)29-19-9-10-20(29)16-28-22(15-19)26-27-23(28)17-5-3-2-4-6-17/h2-8,11-12,19-20H,9-10,13-16H2,1H3/t19-,20+/m0/s1. The number of methoxy groups -OCH3 is 1. The maximum Gasteiger partial charge on any atom is 0.233 e. The van der Waals surface area contributed by atoms with Gasteiger partial charge in [0, 0.05) is 24.6 Å². The summed E-state index contributed by atoms with van der Waals surface area (Å²) in [6.45, 7) is 0.771. The number of amides is 1. The summed E-state index contributed by atoms with van der Waals surface area (Å²) in [6.07, 6.45) is 4.72. The second-order valence-electron chi connectivity index (χ2n) is 9.03. The molecule has 6 nitrogen and oxygen atoms in total. The van der Waals surface area contributed by atoms with E-state index in [-0.39, 0.29) is 17.5 Å². The number of aromatic nitrogens is 3. The first-order chi connectivity index (χ1) is 15.2. The lowest BCUT2D eigenvalue weighted by Crippen LogP contribution is -2.47. The molecular weight excluding hydrogens is 388 g/mol. The average Bonchev–Trinajstić information content (AvgIpc) is 3.45. The minimum absolute atomic E-state index is 0.202. The minimum atomic E-state index is -0.361. The summed E-state index contributed by atoms with van der Waals surface area (Å²) in [5.41, 5.74) is 1.83. The van der Waals surface area contributed by atoms with Crippen LogP contribution in [0.3, 0.4) is 0 Å². The number of carbonyl (C=O) groups is 1. The second-order valence-corrected chi connectivity index (χ2v) is 9.03. The SMILES string of the molecule is COc1ccc(C2(C(=O)N3[C@@H]4CC[C@H]3Cc3nnc(-c5ccccc5)n3C4)CC2)cc1. The molecule has 6 heteroatoms. The molecule has 1 aromatic heterocycles. The normalized spacial score (nSPS) is 23.2. The number of fused-ring (bicyclic) bond motifs is 3. The van der Waals surface area contributed by atoms with Crippen LogP contribution >= 0.6 is 0 Å². The van der Waals surface area contributed by atoms with Crippen LogP contribution < -0.4 is 4.74 Å². The fourth-order valence-electron chi connectivity index (χ4n) is 5.48. The van der Waals surface area contributed by atoms with Crippen molar-refractivity contribution in [1.82, 2.24) is 19.7 Å². The van der Waals surface area contributed by atoms with E-state index in [1.54, 1.807) is 7.11 Å². The van der Waals surface area contributed by atoms with Gasteiger partial charge in [0.2, 0.25) is 5.91 Å². The van der Waals surface area contributed by atoms with E-state index >= 15 is 0 Å². The van der Waals surface area contributed by atoms with Crippen LogP contribution in [-0.2, 0) is 23.2 Å². The van der Waals surface area contributed by atoms with E-state index < -0.39 is 0 Å². The summed E-state index contributed by atoms with van der Waals surface area (Å²) < 4.78 is 7.55. The van der Waals surface area contributed by atoms with Crippen LogP contribution in [-0.4, -0.2) is 44.8 Å². The Morgan fingerprint density at radius 1 is 1.00 bits per heavy atom. The summed E-state index contributed by atoms with van der Waals surface area (Å²) in [4.78, 5) is 16.1. The molecule has 2 aliphatic heterocycles. The molecule has 6 rings (SSSR count). The predicted octanol–water partition coefficient (Wildman–Crippen LogP) is 3.60. The van der Waals surface area contributed by atoms with Gasteiger partial charge in [0.25, 0.3) is 0 Å². The molecule has 1 saturated carbocycles. The maximum absolute atomic E-state index is 13.9. The molecule has 3 aromatic rings. The van der Waals surface area contributed by atoms with Gasteiger partial charge in [-0.3, -0.25) is 4.79 Å². The molecule has 1 amide bonds. The zero-order valence-corrected chi connectivity index (χ0v) is 17.7. The minimum Gasteiger partial charge on any atom is -0.497 e. The lowest BCUT2D eigenvalue weighted by molar-refractivity contribution is -0.137. The van der Waals surface area contributed by atoms with Crippen LogP contribution in [0.15, 0.2) is 54.6 Å². The Kier molecular flexibility index (Phi) is 4.16. The van der Waals surface area contributed by atoms with Gasteiger partial charge in [-0.25, -0.2) is 0 Å². The molecule has 2 aromatic carbocycles. The quantitative estimate of drug-likeness (QED) is 0.655. The highest BCUT2D eigenvalue weighted by molar-refractivity contribution is 5.92. The summed E-state index contributed by atoms with van der Waals surface area (Å²) in [6, 6.07) is 18.7. The third-order valence-corrected chi connectivity index (χ3v) is 7.33. The number of carbonyl (C=O) groups excluding carboxylic acids is 1. The van der Waals surface area contributed by atoms with E-state index in [0.717, 1.165) is 67.2 Å². The third kappa shape index (κ3) is 2.88. The Morgan fingerprint density at radius 3 is 2.45 bits per heavy atom. The van der Waals surface area contributed by atoms with Crippen molar-refractivity contribution in [3.8, 4) is 17.1 Å². The number of hydrogen-bond donors (Lipinski definition) is 0. The average molecular weight is 415 g/mol. The summed E-state index contributed by atoms with van der Waals surface area (Å²) >= 11 is 0. The van der Waals surface area contributed by atoms with Gasteiger partial charge in [0.15, 0.2) is 5.82 Å². The van der Waals surface area contributed by atoms with E-state index in [1.165, 1.54) is 0 Å². The molecule has 0 unspecified atom stereocenters. The lowest BCUT2D eigenvalue weighted by atomic mass is 9.93. The Bertz CT molecular complexity index is 1120. The molecule has 2 bridgehead atoms. The molecule has 31 heavy (non-hydrogen) atoms. The second kappa shape index (κ2) is 6.94. The van der Waals surface area contributed by atoms with E-state index in [9.17, 15) is 4.79 Å². The van der Waals surface area contributed by atoms with E-state index in [4.69, 9.17) is 4.74 Å². The molecule has 3 heterocycles. The van der Waals surface area contributed by atoms with Gasteiger partial charge < -0.3 is 14.2 Å². The Balaban J connectivity index is 1.31. The highest BCUT2D eigenvalue weighted by Crippen LogP contribution is 2.51. The van der Waals surface area contributed by atoms with Crippen LogP contribution in [0.2, 0.25) is 0 Å². The lowest BCUT2D eigenvalue weighted by Gasteiger charge is -2.32. The number of benzene rings is 2. The van der Waals surface area contributed by atoms with Crippen LogP contribution in [0.4, 0.5) is 0 Å². The highest BCUT2D eigenvalue weighted by atomic mass is 16.5. The molecule has 158 valence electrons. The van der Waals surface area contributed by atoms with Crippen molar-refractivity contribution >= 4 is 5.91 Å². The highest BCUT2D eigenvalue weighted by Gasteiger charge is 2.56. The van der Waals surface area contributed by atoms with Gasteiger partial charge in [-0.2, -0.15) is 0 Å². The molecule has 2 fully saturated rings. The molecule has 1 aliphatic carbocycles. The smallest absolute Gasteiger partial charge is 0.233 e. The first-order valence-electron chi connectivity index (χ1n) is 11.1. The van der Waals surface area contributed by atoms with Crippen molar-refractivity contribution in [1.29, 1.82) is 0 Å². The van der Waals surface area contributed by atoms with E-state index in [0.29, 0.717) is 5.91 Å². The van der Waals surface area contributed by atoms with Crippen molar-refractivity contribution in [2.45, 2.75) is 56.1 Å². The number of rotatable bonds is 4.